The average Bonchev–Trinajstić information content (AvgIpc) is 3.59. The van der Waals surface area contributed by atoms with Crippen LogP contribution in [0.15, 0.2) is 101 Å². The van der Waals surface area contributed by atoms with E-state index in [0.29, 0.717) is 5.56 Å². The lowest BCUT2D eigenvalue weighted by atomic mass is 9.88. The molecule has 2 heterocycles. The number of aliphatic hydroxyl groups excluding tert-OH is 1. The standard InChI is InChI=1S/C35H35NO8/c1-23(37)41-22-28-19-20-29(43-28)31(38)35(4,42-21-24-15-17-26(18-16-24)25-11-7-5-8-12-25)32(39)36-30(27-13-9-6-10-14-27)34(2,3)44-33(36)40/h5-20,30-31,38H,21-22H2,1-4H3. The topological polar surface area (TPSA) is 116 Å². The molecule has 0 spiro atoms. The van der Waals surface area contributed by atoms with Gasteiger partial charge in [-0.3, -0.25) is 9.59 Å². The van der Waals surface area contributed by atoms with Crippen molar-refractivity contribution in [3.63, 3.8) is 0 Å². The third-order valence-corrected chi connectivity index (χ3v) is 7.71. The fraction of sp³-hybridized carbons (Fsp3) is 0.286. The van der Waals surface area contributed by atoms with E-state index in [2.05, 4.69) is 0 Å². The maximum Gasteiger partial charge on any atom is 0.417 e. The van der Waals surface area contributed by atoms with Crippen LogP contribution in [0.5, 0.6) is 0 Å². The van der Waals surface area contributed by atoms with Gasteiger partial charge in [-0.15, -0.1) is 0 Å². The summed E-state index contributed by atoms with van der Waals surface area (Å²) in [6, 6.07) is 28.9. The van der Waals surface area contributed by atoms with Crippen LogP contribution in [-0.2, 0) is 37.0 Å². The SMILES string of the molecule is CC(=O)OCc1ccc(C(O)C(C)(OCc2ccc(-c3ccccc3)cc2)C(=O)N2C(=O)OC(C)(C)C2c2ccccc2)o1. The molecule has 1 aliphatic rings. The molecule has 1 N–H and O–H groups in total. The Morgan fingerprint density at radius 1 is 0.909 bits per heavy atom. The van der Waals surface area contributed by atoms with Gasteiger partial charge in [0.05, 0.1) is 6.61 Å². The van der Waals surface area contributed by atoms with Crippen molar-refractivity contribution in [2.24, 2.45) is 0 Å². The lowest BCUT2D eigenvalue weighted by molar-refractivity contribution is -0.176. The lowest BCUT2D eigenvalue weighted by Gasteiger charge is -2.37. The van der Waals surface area contributed by atoms with Gasteiger partial charge in [-0.25, -0.2) is 9.69 Å². The van der Waals surface area contributed by atoms with Crippen LogP contribution in [0.25, 0.3) is 11.1 Å². The van der Waals surface area contributed by atoms with E-state index < -0.39 is 41.3 Å². The van der Waals surface area contributed by atoms with Gasteiger partial charge in [0.1, 0.15) is 35.9 Å². The Morgan fingerprint density at radius 3 is 2.16 bits per heavy atom. The molecule has 1 fully saturated rings. The van der Waals surface area contributed by atoms with Gasteiger partial charge in [-0.05, 0) is 55.2 Å². The van der Waals surface area contributed by atoms with Crippen molar-refractivity contribution in [2.45, 2.75) is 64.3 Å². The number of cyclic esters (lactones) is 1. The molecule has 0 saturated carbocycles. The largest absolute Gasteiger partial charge is 0.460 e. The summed E-state index contributed by atoms with van der Waals surface area (Å²) < 4.78 is 22.7. The van der Waals surface area contributed by atoms with Gasteiger partial charge >= 0.3 is 12.1 Å². The third kappa shape index (κ3) is 6.29. The minimum absolute atomic E-state index is 0.00510. The Hall–Kier alpha value is -4.73. The molecule has 4 aromatic rings. The van der Waals surface area contributed by atoms with Crippen LogP contribution in [-0.4, -0.2) is 39.2 Å². The van der Waals surface area contributed by atoms with E-state index >= 15 is 0 Å². The summed E-state index contributed by atoms with van der Waals surface area (Å²) in [5.74, 6) is -1.02. The molecule has 3 unspecified atom stereocenters. The summed E-state index contributed by atoms with van der Waals surface area (Å²) in [5, 5.41) is 11.7. The van der Waals surface area contributed by atoms with Gasteiger partial charge in [0, 0.05) is 6.92 Å². The van der Waals surface area contributed by atoms with Gasteiger partial charge in [-0.2, -0.15) is 0 Å². The van der Waals surface area contributed by atoms with Crippen LogP contribution in [0, 0.1) is 0 Å². The van der Waals surface area contributed by atoms with E-state index in [9.17, 15) is 19.5 Å². The number of aliphatic hydroxyl groups is 1. The zero-order valence-electron chi connectivity index (χ0n) is 25.1. The second-order valence-electron chi connectivity index (χ2n) is 11.4. The van der Waals surface area contributed by atoms with Crippen molar-refractivity contribution in [3.05, 3.63) is 120 Å². The molecule has 9 nitrogen and oxygen atoms in total. The van der Waals surface area contributed by atoms with Crippen LogP contribution >= 0.6 is 0 Å². The number of imide groups is 1. The second kappa shape index (κ2) is 12.5. The molecule has 2 amide bonds. The van der Waals surface area contributed by atoms with Crippen molar-refractivity contribution in [2.75, 3.05) is 0 Å². The molecule has 1 saturated heterocycles. The van der Waals surface area contributed by atoms with E-state index in [4.69, 9.17) is 18.6 Å². The quantitative estimate of drug-likeness (QED) is 0.206. The molecule has 3 aromatic carbocycles. The fourth-order valence-electron chi connectivity index (χ4n) is 5.35. The number of carbonyl (C=O) groups is 3. The van der Waals surface area contributed by atoms with Crippen molar-refractivity contribution >= 4 is 18.0 Å². The number of rotatable bonds is 10. The van der Waals surface area contributed by atoms with E-state index in [0.717, 1.165) is 21.6 Å². The minimum Gasteiger partial charge on any atom is -0.460 e. The number of benzene rings is 3. The number of hydrogen-bond acceptors (Lipinski definition) is 8. The Morgan fingerprint density at radius 2 is 1.52 bits per heavy atom. The Kier molecular flexibility index (Phi) is 8.71. The predicted molar refractivity (Wildman–Crippen MR) is 161 cm³/mol. The molecule has 0 bridgehead atoms. The Bertz CT molecular complexity index is 1610. The normalized spacial score (nSPS) is 17.9. The zero-order chi connectivity index (χ0) is 31.5. The van der Waals surface area contributed by atoms with E-state index in [1.54, 1.807) is 13.8 Å². The molecule has 5 rings (SSSR count). The van der Waals surface area contributed by atoms with Crippen LogP contribution < -0.4 is 0 Å². The molecular weight excluding hydrogens is 562 g/mol. The fourth-order valence-corrected chi connectivity index (χ4v) is 5.35. The molecule has 0 radical (unpaired) electrons. The minimum atomic E-state index is -2.00. The average molecular weight is 598 g/mol. The highest BCUT2D eigenvalue weighted by molar-refractivity contribution is 5.99. The number of amides is 2. The number of esters is 1. The molecule has 9 heteroatoms. The van der Waals surface area contributed by atoms with Crippen LogP contribution in [0.4, 0.5) is 4.79 Å². The Balaban J connectivity index is 1.47. The highest BCUT2D eigenvalue weighted by atomic mass is 16.6. The first-order chi connectivity index (χ1) is 21.0. The monoisotopic (exact) mass is 597 g/mol. The van der Waals surface area contributed by atoms with Gasteiger partial charge in [-0.1, -0.05) is 84.9 Å². The van der Waals surface area contributed by atoms with Crippen molar-refractivity contribution in [1.82, 2.24) is 4.90 Å². The van der Waals surface area contributed by atoms with E-state index in [1.807, 2.05) is 84.9 Å². The van der Waals surface area contributed by atoms with E-state index in [1.165, 1.54) is 26.0 Å². The summed E-state index contributed by atoms with van der Waals surface area (Å²) in [4.78, 5) is 40.1. The number of hydrogen-bond donors (Lipinski definition) is 1. The van der Waals surface area contributed by atoms with Crippen LogP contribution in [0.2, 0.25) is 0 Å². The molecular formula is C35H35NO8. The zero-order valence-corrected chi connectivity index (χ0v) is 25.1. The van der Waals surface area contributed by atoms with Crippen molar-refractivity contribution < 1.29 is 38.1 Å². The molecule has 228 valence electrons. The number of furan rings is 1. The Labute approximate surface area is 256 Å². The van der Waals surface area contributed by atoms with Gasteiger partial charge in [0.25, 0.3) is 5.91 Å². The molecule has 44 heavy (non-hydrogen) atoms. The molecule has 1 aliphatic heterocycles. The third-order valence-electron chi connectivity index (χ3n) is 7.71. The van der Waals surface area contributed by atoms with Crippen LogP contribution in [0.3, 0.4) is 0 Å². The van der Waals surface area contributed by atoms with Crippen molar-refractivity contribution in [3.8, 4) is 11.1 Å². The molecule has 1 aromatic heterocycles. The van der Waals surface area contributed by atoms with Gasteiger partial charge < -0.3 is 23.7 Å². The maximum absolute atomic E-state index is 14.5. The van der Waals surface area contributed by atoms with Gasteiger partial charge in [0.15, 0.2) is 5.60 Å². The molecule has 3 atom stereocenters. The number of nitrogens with zero attached hydrogens (tertiary/aromatic N) is 1. The maximum atomic E-state index is 14.5. The van der Waals surface area contributed by atoms with Crippen molar-refractivity contribution in [1.29, 1.82) is 0 Å². The predicted octanol–water partition coefficient (Wildman–Crippen LogP) is 6.52. The van der Waals surface area contributed by atoms with E-state index in [-0.39, 0.29) is 24.7 Å². The van der Waals surface area contributed by atoms with Crippen LogP contribution in [0.1, 0.15) is 62.5 Å². The highest BCUT2D eigenvalue weighted by Gasteiger charge is 2.57. The lowest BCUT2D eigenvalue weighted by Crippen LogP contribution is -2.54. The summed E-state index contributed by atoms with van der Waals surface area (Å²) in [7, 11) is 0. The number of carbonyl (C=O) groups excluding carboxylic acids is 3. The first-order valence-corrected chi connectivity index (χ1v) is 14.3. The molecule has 0 aliphatic carbocycles. The second-order valence-corrected chi connectivity index (χ2v) is 11.4. The number of ether oxygens (including phenoxy) is 3. The first-order valence-electron chi connectivity index (χ1n) is 14.3. The summed E-state index contributed by atoms with van der Waals surface area (Å²) in [6.07, 6.45) is -2.49. The highest BCUT2D eigenvalue weighted by Crippen LogP contribution is 2.44. The summed E-state index contributed by atoms with van der Waals surface area (Å²) in [5.41, 5.74) is 0.439. The summed E-state index contributed by atoms with van der Waals surface area (Å²) >= 11 is 0. The summed E-state index contributed by atoms with van der Waals surface area (Å²) in [6.45, 7) is 5.95. The first kappa shape index (κ1) is 30.7. The van der Waals surface area contributed by atoms with Gasteiger partial charge in [0.2, 0.25) is 0 Å². The smallest absolute Gasteiger partial charge is 0.417 e.